The van der Waals surface area contributed by atoms with Gasteiger partial charge in [0.15, 0.2) is 0 Å². The van der Waals surface area contributed by atoms with E-state index in [2.05, 4.69) is 15.3 Å². The lowest BCUT2D eigenvalue weighted by Gasteiger charge is -2.21. The predicted octanol–water partition coefficient (Wildman–Crippen LogP) is 1.46. The van der Waals surface area contributed by atoms with Gasteiger partial charge in [-0.1, -0.05) is 13.8 Å². The summed E-state index contributed by atoms with van der Waals surface area (Å²) in [6.45, 7) is 8.41. The smallest absolute Gasteiger partial charge is 0.244 e. The van der Waals surface area contributed by atoms with Crippen LogP contribution in [0.5, 0.6) is 0 Å². The Balaban J connectivity index is 2.84. The number of carbonyl (C=O) groups excluding carboxylic acids is 1. The minimum absolute atomic E-state index is 0.0192. The SMILES string of the molecule is CCN(C)C(=O)C(C)Nc1cc(N)nc(C(C)C)n1. The van der Waals surface area contributed by atoms with Crippen LogP contribution in [0.15, 0.2) is 6.07 Å². The quantitative estimate of drug-likeness (QED) is 0.842. The van der Waals surface area contributed by atoms with Gasteiger partial charge in [0.05, 0.1) is 0 Å². The number of nitrogens with two attached hydrogens (primary N) is 1. The highest BCUT2D eigenvalue weighted by Crippen LogP contribution is 2.15. The Morgan fingerprint density at radius 1 is 1.42 bits per heavy atom. The lowest BCUT2D eigenvalue weighted by atomic mass is 10.2. The number of likely N-dealkylation sites (N-methyl/N-ethyl adjacent to an activating group) is 1. The van der Waals surface area contributed by atoms with E-state index in [1.807, 2.05) is 27.7 Å². The molecule has 0 aliphatic rings. The summed E-state index contributed by atoms with van der Waals surface area (Å²) in [6.07, 6.45) is 0. The molecule has 1 unspecified atom stereocenters. The molecule has 106 valence electrons. The lowest BCUT2D eigenvalue weighted by Crippen LogP contribution is -2.39. The lowest BCUT2D eigenvalue weighted by molar-refractivity contribution is -0.130. The molecule has 6 nitrogen and oxygen atoms in total. The van der Waals surface area contributed by atoms with Crippen molar-refractivity contribution in [1.82, 2.24) is 14.9 Å². The van der Waals surface area contributed by atoms with Crippen molar-refractivity contribution in [3.63, 3.8) is 0 Å². The van der Waals surface area contributed by atoms with Crippen molar-refractivity contribution in [2.75, 3.05) is 24.6 Å². The highest BCUT2D eigenvalue weighted by molar-refractivity contribution is 5.83. The first-order chi connectivity index (χ1) is 8.85. The van der Waals surface area contributed by atoms with Crippen LogP contribution in [-0.2, 0) is 4.79 Å². The predicted molar refractivity (Wildman–Crippen MR) is 76.9 cm³/mol. The first-order valence-electron chi connectivity index (χ1n) is 6.51. The molecule has 1 heterocycles. The van der Waals surface area contributed by atoms with E-state index in [9.17, 15) is 4.79 Å². The molecule has 0 aliphatic heterocycles. The van der Waals surface area contributed by atoms with Crippen molar-refractivity contribution < 1.29 is 4.79 Å². The largest absolute Gasteiger partial charge is 0.384 e. The molecule has 0 fully saturated rings. The Kier molecular flexibility index (Phi) is 5.09. The molecular formula is C13H23N5O. The molecule has 0 saturated heterocycles. The van der Waals surface area contributed by atoms with Crippen LogP contribution in [-0.4, -0.2) is 40.4 Å². The van der Waals surface area contributed by atoms with Gasteiger partial charge in [-0.15, -0.1) is 0 Å². The zero-order valence-corrected chi connectivity index (χ0v) is 12.3. The zero-order valence-electron chi connectivity index (χ0n) is 12.3. The number of aromatic nitrogens is 2. The van der Waals surface area contributed by atoms with Gasteiger partial charge in [0.1, 0.15) is 23.5 Å². The van der Waals surface area contributed by atoms with Crippen LogP contribution < -0.4 is 11.1 Å². The summed E-state index contributed by atoms with van der Waals surface area (Å²) < 4.78 is 0. The van der Waals surface area contributed by atoms with Crippen molar-refractivity contribution in [3.8, 4) is 0 Å². The Labute approximate surface area is 114 Å². The molecular weight excluding hydrogens is 242 g/mol. The highest BCUT2D eigenvalue weighted by Gasteiger charge is 2.17. The van der Waals surface area contributed by atoms with E-state index in [-0.39, 0.29) is 17.9 Å². The van der Waals surface area contributed by atoms with Crippen LogP contribution in [0.2, 0.25) is 0 Å². The summed E-state index contributed by atoms with van der Waals surface area (Å²) in [5.74, 6) is 1.87. The first-order valence-corrected chi connectivity index (χ1v) is 6.51. The molecule has 3 N–H and O–H groups in total. The Hall–Kier alpha value is -1.85. The number of carbonyl (C=O) groups is 1. The molecule has 1 rings (SSSR count). The van der Waals surface area contributed by atoms with E-state index in [4.69, 9.17) is 5.73 Å². The van der Waals surface area contributed by atoms with E-state index < -0.39 is 0 Å². The summed E-state index contributed by atoms with van der Waals surface area (Å²) in [4.78, 5) is 22.2. The van der Waals surface area contributed by atoms with Crippen molar-refractivity contribution in [2.24, 2.45) is 0 Å². The van der Waals surface area contributed by atoms with Gasteiger partial charge in [-0.3, -0.25) is 4.79 Å². The molecule has 0 aromatic carbocycles. The molecule has 1 amide bonds. The van der Waals surface area contributed by atoms with Crippen LogP contribution in [0.1, 0.15) is 39.4 Å². The van der Waals surface area contributed by atoms with E-state index in [1.54, 1.807) is 18.0 Å². The van der Waals surface area contributed by atoms with Gasteiger partial charge in [0.2, 0.25) is 5.91 Å². The van der Waals surface area contributed by atoms with Gasteiger partial charge < -0.3 is 16.0 Å². The number of nitrogens with zero attached hydrogens (tertiary/aromatic N) is 3. The molecule has 0 radical (unpaired) electrons. The average molecular weight is 265 g/mol. The summed E-state index contributed by atoms with van der Waals surface area (Å²) in [5, 5.41) is 3.07. The third kappa shape index (κ3) is 4.08. The van der Waals surface area contributed by atoms with Crippen LogP contribution in [0, 0.1) is 0 Å². The monoisotopic (exact) mass is 265 g/mol. The summed E-state index contributed by atoms with van der Waals surface area (Å²) in [5.41, 5.74) is 5.75. The first kappa shape index (κ1) is 15.2. The maximum absolute atomic E-state index is 12.0. The van der Waals surface area contributed by atoms with Gasteiger partial charge in [0.25, 0.3) is 0 Å². The number of anilines is 2. The molecule has 1 atom stereocenters. The van der Waals surface area contributed by atoms with Crippen molar-refractivity contribution in [3.05, 3.63) is 11.9 Å². The second-order valence-corrected chi connectivity index (χ2v) is 4.91. The average Bonchev–Trinajstić information content (AvgIpc) is 2.35. The Morgan fingerprint density at radius 2 is 2.05 bits per heavy atom. The third-order valence-corrected chi connectivity index (χ3v) is 2.87. The number of hydrogen-bond donors (Lipinski definition) is 2. The van der Waals surface area contributed by atoms with Gasteiger partial charge in [-0.25, -0.2) is 9.97 Å². The minimum atomic E-state index is -0.348. The normalized spacial score (nSPS) is 12.3. The molecule has 0 spiro atoms. The van der Waals surface area contributed by atoms with Gasteiger partial charge in [-0.05, 0) is 13.8 Å². The number of amides is 1. The number of rotatable bonds is 5. The van der Waals surface area contributed by atoms with E-state index >= 15 is 0 Å². The Bertz CT molecular complexity index is 447. The Morgan fingerprint density at radius 3 is 2.58 bits per heavy atom. The molecule has 1 aromatic rings. The zero-order chi connectivity index (χ0) is 14.6. The fourth-order valence-corrected chi connectivity index (χ4v) is 1.59. The second-order valence-electron chi connectivity index (χ2n) is 4.91. The van der Waals surface area contributed by atoms with Crippen molar-refractivity contribution in [1.29, 1.82) is 0 Å². The van der Waals surface area contributed by atoms with E-state index in [0.29, 0.717) is 24.0 Å². The minimum Gasteiger partial charge on any atom is -0.384 e. The number of hydrogen-bond acceptors (Lipinski definition) is 5. The molecule has 19 heavy (non-hydrogen) atoms. The molecule has 1 aromatic heterocycles. The molecule has 0 bridgehead atoms. The van der Waals surface area contributed by atoms with Crippen LogP contribution in [0.25, 0.3) is 0 Å². The van der Waals surface area contributed by atoms with Crippen molar-refractivity contribution in [2.45, 2.75) is 39.7 Å². The second kappa shape index (κ2) is 6.36. The van der Waals surface area contributed by atoms with Crippen molar-refractivity contribution >= 4 is 17.5 Å². The topological polar surface area (TPSA) is 84.1 Å². The standard InChI is InChI=1S/C13H23N5O/c1-6-18(5)13(19)9(4)15-11-7-10(14)16-12(17-11)8(2)3/h7-9H,6H2,1-5H3,(H3,14,15,16,17). The maximum Gasteiger partial charge on any atom is 0.244 e. The van der Waals surface area contributed by atoms with Crippen LogP contribution >= 0.6 is 0 Å². The number of nitrogen functional groups attached to an aromatic ring is 1. The summed E-state index contributed by atoms with van der Waals surface area (Å²) in [6, 6.07) is 1.29. The van der Waals surface area contributed by atoms with E-state index in [0.717, 1.165) is 0 Å². The van der Waals surface area contributed by atoms with Gasteiger partial charge in [0, 0.05) is 25.6 Å². The van der Waals surface area contributed by atoms with Crippen LogP contribution in [0.3, 0.4) is 0 Å². The molecule has 0 saturated carbocycles. The molecule has 6 heteroatoms. The fraction of sp³-hybridized carbons (Fsp3) is 0.615. The van der Waals surface area contributed by atoms with Gasteiger partial charge >= 0.3 is 0 Å². The van der Waals surface area contributed by atoms with Gasteiger partial charge in [-0.2, -0.15) is 0 Å². The third-order valence-electron chi connectivity index (χ3n) is 2.87. The van der Waals surface area contributed by atoms with Crippen LogP contribution in [0.4, 0.5) is 11.6 Å². The summed E-state index contributed by atoms with van der Waals surface area (Å²) in [7, 11) is 1.77. The number of nitrogens with one attached hydrogen (secondary N) is 1. The fourth-order valence-electron chi connectivity index (χ4n) is 1.59. The highest BCUT2D eigenvalue weighted by atomic mass is 16.2. The van der Waals surface area contributed by atoms with E-state index in [1.165, 1.54) is 0 Å². The summed E-state index contributed by atoms with van der Waals surface area (Å²) >= 11 is 0. The maximum atomic E-state index is 12.0. The molecule has 0 aliphatic carbocycles.